The van der Waals surface area contributed by atoms with Crippen molar-refractivity contribution in [2.75, 3.05) is 33.3 Å². The van der Waals surface area contributed by atoms with Crippen LogP contribution in [0, 0.1) is 0 Å². The van der Waals surface area contributed by atoms with Crippen LogP contribution in [-0.4, -0.2) is 48.2 Å². The maximum atomic E-state index is 6.65. The van der Waals surface area contributed by atoms with Crippen LogP contribution in [0.25, 0.3) is 16.6 Å². The molecule has 32 heavy (non-hydrogen) atoms. The second kappa shape index (κ2) is 10.8. The van der Waals surface area contributed by atoms with Crippen molar-refractivity contribution in [3.63, 3.8) is 0 Å². The Kier molecular flexibility index (Phi) is 7.58. The number of halogens is 1. The topological polar surface area (TPSA) is 76.3 Å². The van der Waals surface area contributed by atoms with Crippen LogP contribution in [0.4, 0.5) is 0 Å². The van der Waals surface area contributed by atoms with Crippen molar-refractivity contribution in [1.82, 2.24) is 20.2 Å². The monoisotopic (exact) mass is 451 g/mol. The lowest BCUT2D eigenvalue weighted by atomic mass is 9.95. The van der Waals surface area contributed by atoms with Crippen LogP contribution in [0.2, 0.25) is 5.15 Å². The minimum absolute atomic E-state index is 0.330. The molecular weight excluding hydrogens is 422 g/mol. The fourth-order valence-corrected chi connectivity index (χ4v) is 4.23. The van der Waals surface area contributed by atoms with E-state index in [1.54, 1.807) is 6.07 Å². The molecule has 3 aromatic rings. The van der Waals surface area contributed by atoms with Crippen LogP contribution in [0.15, 0.2) is 54.9 Å². The number of nitrogens with two attached hydrogens (primary N) is 1. The molecule has 1 fully saturated rings. The summed E-state index contributed by atoms with van der Waals surface area (Å²) in [6.07, 6.45) is 7.67. The first kappa shape index (κ1) is 22.5. The highest BCUT2D eigenvalue weighted by Crippen LogP contribution is 2.30. The van der Waals surface area contributed by atoms with Gasteiger partial charge in [-0.1, -0.05) is 30.2 Å². The fourth-order valence-electron chi connectivity index (χ4n) is 4.07. The molecule has 0 bridgehead atoms. The molecule has 168 valence electrons. The van der Waals surface area contributed by atoms with E-state index in [0.717, 1.165) is 40.0 Å². The number of aromatic nitrogens is 2. The number of nitrogens with one attached hydrogen (secondary N) is 1. The molecular formula is C25H30ClN5O. The Balaban J connectivity index is 1.45. The minimum Gasteiger partial charge on any atom is -0.492 e. The molecule has 0 radical (unpaired) electrons. The Morgan fingerprint density at radius 1 is 1.16 bits per heavy atom. The second-order valence-corrected chi connectivity index (χ2v) is 8.47. The Morgan fingerprint density at radius 3 is 2.69 bits per heavy atom. The van der Waals surface area contributed by atoms with Crippen LogP contribution >= 0.6 is 11.6 Å². The van der Waals surface area contributed by atoms with Crippen LogP contribution in [0.5, 0.6) is 5.75 Å². The lowest BCUT2D eigenvalue weighted by Gasteiger charge is -2.26. The molecule has 1 atom stereocenters. The van der Waals surface area contributed by atoms with Crippen molar-refractivity contribution < 1.29 is 4.74 Å². The van der Waals surface area contributed by atoms with E-state index in [-0.39, 0.29) is 6.04 Å². The van der Waals surface area contributed by atoms with Gasteiger partial charge >= 0.3 is 0 Å². The zero-order valence-corrected chi connectivity index (χ0v) is 19.2. The van der Waals surface area contributed by atoms with Crippen LogP contribution in [0.3, 0.4) is 0 Å². The Hall–Kier alpha value is -2.67. The van der Waals surface area contributed by atoms with Gasteiger partial charge in [-0.05, 0) is 67.4 Å². The highest BCUT2D eigenvalue weighted by molar-refractivity contribution is 6.29. The third kappa shape index (κ3) is 5.57. The maximum Gasteiger partial charge on any atom is 0.129 e. The average molecular weight is 452 g/mol. The van der Waals surface area contributed by atoms with E-state index in [0.29, 0.717) is 11.8 Å². The molecule has 2 aromatic heterocycles. The molecule has 1 aliphatic rings. The first-order valence-electron chi connectivity index (χ1n) is 11.1. The van der Waals surface area contributed by atoms with Gasteiger partial charge in [0.2, 0.25) is 0 Å². The van der Waals surface area contributed by atoms with Gasteiger partial charge in [-0.15, -0.1) is 0 Å². The number of benzene rings is 1. The summed E-state index contributed by atoms with van der Waals surface area (Å²) < 4.78 is 5.96. The van der Waals surface area contributed by atoms with Crippen molar-refractivity contribution in [2.24, 2.45) is 5.73 Å². The summed E-state index contributed by atoms with van der Waals surface area (Å²) in [6.45, 7) is 4.05. The molecule has 1 aliphatic heterocycles. The van der Waals surface area contributed by atoms with Gasteiger partial charge in [0.1, 0.15) is 17.5 Å². The largest absolute Gasteiger partial charge is 0.492 e. The molecule has 0 spiro atoms. The summed E-state index contributed by atoms with van der Waals surface area (Å²) in [6, 6.07) is 13.3. The molecule has 0 amide bonds. The van der Waals surface area contributed by atoms with Crippen molar-refractivity contribution in [3.8, 4) is 5.75 Å². The van der Waals surface area contributed by atoms with Gasteiger partial charge in [-0.3, -0.25) is 9.88 Å². The predicted octanol–water partition coefficient (Wildman–Crippen LogP) is 4.41. The number of rotatable bonds is 8. The molecule has 1 unspecified atom stereocenters. The normalized spacial score (nSPS) is 16.2. The average Bonchev–Trinajstić information content (AvgIpc) is 2.83. The first-order chi connectivity index (χ1) is 15.6. The number of ether oxygens (including phenoxy) is 1. The quantitative estimate of drug-likeness (QED) is 0.494. The zero-order chi connectivity index (χ0) is 22.3. The molecule has 0 aliphatic carbocycles. The van der Waals surface area contributed by atoms with Gasteiger partial charge in [0.05, 0.1) is 17.1 Å². The number of pyridine rings is 2. The molecule has 4 rings (SSSR count). The third-order valence-electron chi connectivity index (χ3n) is 5.84. The SMILES string of the molecule is CN/C=C(/c1cnc2ccc(Cl)nc2c1)C(N)c1ccc(OCCN2CCCCC2)cc1. The molecule has 0 saturated carbocycles. The number of fused-ring (bicyclic) bond motifs is 1. The number of hydrogen-bond acceptors (Lipinski definition) is 6. The van der Waals surface area contributed by atoms with Gasteiger partial charge in [-0.25, -0.2) is 4.98 Å². The summed E-state index contributed by atoms with van der Waals surface area (Å²) in [5, 5.41) is 3.54. The standard InChI is InChI=1S/C25H30ClN5O/c1-28-17-21(19-15-23-22(29-16-19)9-10-24(26)30-23)25(27)18-5-7-20(8-6-18)32-14-13-31-11-3-2-4-12-31/h5-10,15-17,25,28H,2-4,11-14,27H2,1H3/b21-17-. The van der Waals surface area contributed by atoms with Gasteiger partial charge in [0.25, 0.3) is 0 Å². The van der Waals surface area contributed by atoms with Gasteiger partial charge in [0.15, 0.2) is 0 Å². The van der Waals surface area contributed by atoms with Gasteiger partial charge in [-0.2, -0.15) is 0 Å². The lowest BCUT2D eigenvalue weighted by Crippen LogP contribution is -2.33. The number of likely N-dealkylation sites (tertiary alicyclic amines) is 1. The molecule has 3 N–H and O–H groups in total. The highest BCUT2D eigenvalue weighted by atomic mass is 35.5. The van der Waals surface area contributed by atoms with Gasteiger partial charge in [0, 0.05) is 31.6 Å². The van der Waals surface area contributed by atoms with E-state index in [1.165, 1.54) is 32.4 Å². The Morgan fingerprint density at radius 2 is 1.94 bits per heavy atom. The van der Waals surface area contributed by atoms with Crippen LogP contribution in [0.1, 0.15) is 36.4 Å². The van der Waals surface area contributed by atoms with E-state index in [4.69, 9.17) is 22.1 Å². The minimum atomic E-state index is -0.330. The Labute approximate surface area is 194 Å². The summed E-state index contributed by atoms with van der Waals surface area (Å²) >= 11 is 6.06. The van der Waals surface area contributed by atoms with E-state index >= 15 is 0 Å². The second-order valence-electron chi connectivity index (χ2n) is 8.08. The lowest BCUT2D eigenvalue weighted by molar-refractivity contribution is 0.183. The van der Waals surface area contributed by atoms with Crippen molar-refractivity contribution in [3.05, 3.63) is 71.1 Å². The predicted molar refractivity (Wildman–Crippen MR) is 131 cm³/mol. The van der Waals surface area contributed by atoms with Crippen LogP contribution < -0.4 is 15.8 Å². The number of hydrogen-bond donors (Lipinski definition) is 2. The van der Waals surface area contributed by atoms with E-state index in [9.17, 15) is 0 Å². The van der Waals surface area contributed by atoms with E-state index < -0.39 is 0 Å². The molecule has 6 nitrogen and oxygen atoms in total. The summed E-state index contributed by atoms with van der Waals surface area (Å²) in [5.74, 6) is 0.864. The molecule has 7 heteroatoms. The summed E-state index contributed by atoms with van der Waals surface area (Å²) in [4.78, 5) is 11.4. The van der Waals surface area contributed by atoms with Crippen molar-refractivity contribution in [2.45, 2.75) is 25.3 Å². The molecule has 1 aromatic carbocycles. The number of nitrogens with zero attached hydrogens (tertiary/aromatic N) is 3. The summed E-state index contributed by atoms with van der Waals surface area (Å²) in [5.41, 5.74) is 11.0. The van der Waals surface area contributed by atoms with Crippen molar-refractivity contribution in [1.29, 1.82) is 0 Å². The zero-order valence-electron chi connectivity index (χ0n) is 18.4. The number of piperidine rings is 1. The van der Waals surface area contributed by atoms with E-state index in [1.807, 2.05) is 55.8 Å². The molecule has 3 heterocycles. The van der Waals surface area contributed by atoms with Crippen LogP contribution in [-0.2, 0) is 0 Å². The van der Waals surface area contributed by atoms with Gasteiger partial charge < -0.3 is 15.8 Å². The maximum absolute atomic E-state index is 6.65. The fraction of sp³-hybridized carbons (Fsp3) is 0.360. The third-order valence-corrected chi connectivity index (χ3v) is 6.05. The van der Waals surface area contributed by atoms with E-state index in [2.05, 4.69) is 20.2 Å². The molecule has 1 saturated heterocycles. The first-order valence-corrected chi connectivity index (χ1v) is 11.5. The highest BCUT2D eigenvalue weighted by Gasteiger charge is 2.16. The van der Waals surface area contributed by atoms with Crippen molar-refractivity contribution >= 4 is 28.2 Å². The smallest absolute Gasteiger partial charge is 0.129 e. The summed E-state index contributed by atoms with van der Waals surface area (Å²) in [7, 11) is 1.86. The Bertz CT molecular complexity index is 1060.